The number of likely N-dealkylation sites (N-methyl/N-ethyl adjacent to an activating group) is 1. The molecule has 90 valence electrons. The van der Waals surface area contributed by atoms with Gasteiger partial charge >= 0.3 is 6.03 Å². The minimum atomic E-state index is -0.0715. The van der Waals surface area contributed by atoms with Crippen molar-refractivity contribution in [2.75, 3.05) is 20.6 Å². The molecule has 0 radical (unpaired) electrons. The maximum atomic E-state index is 11.3. The molecule has 0 fully saturated rings. The SMILES string of the molecule is CNC(=O)N(C)CCc1coc2ccccc12. The molecule has 2 rings (SSSR count). The molecule has 0 aliphatic carbocycles. The fraction of sp³-hybridized carbons (Fsp3) is 0.308. The summed E-state index contributed by atoms with van der Waals surface area (Å²) in [6, 6.07) is 7.85. The third kappa shape index (κ3) is 2.41. The van der Waals surface area contributed by atoms with Gasteiger partial charge in [0, 0.05) is 26.0 Å². The van der Waals surface area contributed by atoms with Crippen LogP contribution in [0.3, 0.4) is 0 Å². The molecule has 1 aromatic carbocycles. The van der Waals surface area contributed by atoms with Crippen molar-refractivity contribution in [3.63, 3.8) is 0 Å². The summed E-state index contributed by atoms with van der Waals surface area (Å²) in [5.41, 5.74) is 2.03. The molecule has 0 bridgehead atoms. The van der Waals surface area contributed by atoms with E-state index in [2.05, 4.69) is 5.32 Å². The fourth-order valence-electron chi connectivity index (χ4n) is 1.81. The number of hydrogen-bond donors (Lipinski definition) is 1. The van der Waals surface area contributed by atoms with E-state index in [-0.39, 0.29) is 6.03 Å². The van der Waals surface area contributed by atoms with Crippen molar-refractivity contribution >= 4 is 17.0 Å². The Morgan fingerprint density at radius 2 is 2.18 bits per heavy atom. The number of furan rings is 1. The largest absolute Gasteiger partial charge is 0.464 e. The van der Waals surface area contributed by atoms with Gasteiger partial charge in [0.15, 0.2) is 0 Å². The van der Waals surface area contributed by atoms with Gasteiger partial charge in [0.2, 0.25) is 0 Å². The average Bonchev–Trinajstić information content (AvgIpc) is 2.78. The van der Waals surface area contributed by atoms with Crippen LogP contribution in [0.1, 0.15) is 5.56 Å². The van der Waals surface area contributed by atoms with Gasteiger partial charge < -0.3 is 14.6 Å². The molecule has 4 nitrogen and oxygen atoms in total. The van der Waals surface area contributed by atoms with Crippen molar-refractivity contribution in [3.05, 3.63) is 36.1 Å². The number of benzene rings is 1. The molecule has 0 saturated heterocycles. The Balaban J connectivity index is 2.07. The first-order valence-corrected chi connectivity index (χ1v) is 5.60. The van der Waals surface area contributed by atoms with Gasteiger partial charge in [-0.15, -0.1) is 0 Å². The predicted molar refractivity (Wildman–Crippen MR) is 67.0 cm³/mol. The number of nitrogens with one attached hydrogen (secondary N) is 1. The van der Waals surface area contributed by atoms with E-state index in [4.69, 9.17) is 4.42 Å². The summed E-state index contributed by atoms with van der Waals surface area (Å²) in [6.07, 6.45) is 2.56. The van der Waals surface area contributed by atoms with Crippen molar-refractivity contribution in [2.45, 2.75) is 6.42 Å². The first-order chi connectivity index (χ1) is 8.22. The summed E-state index contributed by atoms with van der Waals surface area (Å²) in [4.78, 5) is 13.0. The van der Waals surface area contributed by atoms with E-state index in [9.17, 15) is 4.79 Å². The highest BCUT2D eigenvalue weighted by molar-refractivity contribution is 5.81. The van der Waals surface area contributed by atoms with Crippen LogP contribution >= 0.6 is 0 Å². The first-order valence-electron chi connectivity index (χ1n) is 5.60. The molecular weight excluding hydrogens is 216 g/mol. The van der Waals surface area contributed by atoms with E-state index < -0.39 is 0 Å². The summed E-state index contributed by atoms with van der Waals surface area (Å²) in [5.74, 6) is 0. The molecule has 2 amide bonds. The standard InChI is InChI=1S/C13H16N2O2/c1-14-13(16)15(2)8-7-10-9-17-12-6-4-3-5-11(10)12/h3-6,9H,7-8H2,1-2H3,(H,14,16). The van der Waals surface area contributed by atoms with E-state index in [1.807, 2.05) is 24.3 Å². The van der Waals surface area contributed by atoms with E-state index in [0.717, 1.165) is 23.0 Å². The lowest BCUT2D eigenvalue weighted by Gasteiger charge is -2.15. The zero-order valence-corrected chi connectivity index (χ0v) is 10.1. The van der Waals surface area contributed by atoms with Crippen molar-refractivity contribution in [1.82, 2.24) is 10.2 Å². The van der Waals surface area contributed by atoms with Gasteiger partial charge in [-0.05, 0) is 18.1 Å². The van der Waals surface area contributed by atoms with Crippen LogP contribution in [0.5, 0.6) is 0 Å². The maximum Gasteiger partial charge on any atom is 0.316 e. The van der Waals surface area contributed by atoms with Crippen LogP contribution in [0, 0.1) is 0 Å². The zero-order valence-electron chi connectivity index (χ0n) is 10.1. The lowest BCUT2D eigenvalue weighted by atomic mass is 10.1. The van der Waals surface area contributed by atoms with Gasteiger partial charge in [0.1, 0.15) is 5.58 Å². The molecule has 0 atom stereocenters. The molecule has 0 saturated carbocycles. The normalized spacial score (nSPS) is 10.5. The molecule has 17 heavy (non-hydrogen) atoms. The highest BCUT2D eigenvalue weighted by Gasteiger charge is 2.09. The van der Waals surface area contributed by atoms with Gasteiger partial charge in [-0.1, -0.05) is 18.2 Å². The molecule has 1 N–H and O–H groups in total. The number of hydrogen-bond acceptors (Lipinski definition) is 2. The van der Waals surface area contributed by atoms with Crippen LogP contribution in [-0.2, 0) is 6.42 Å². The summed E-state index contributed by atoms with van der Waals surface area (Å²) in [5, 5.41) is 3.72. The Morgan fingerprint density at radius 1 is 1.41 bits per heavy atom. The summed E-state index contributed by atoms with van der Waals surface area (Å²) in [7, 11) is 3.41. The van der Waals surface area contributed by atoms with Gasteiger partial charge in [0.25, 0.3) is 0 Å². The Kier molecular flexibility index (Phi) is 3.32. The number of para-hydroxylation sites is 1. The van der Waals surface area contributed by atoms with Crippen LogP contribution < -0.4 is 5.32 Å². The molecule has 1 aromatic heterocycles. The van der Waals surface area contributed by atoms with E-state index in [1.165, 1.54) is 0 Å². The monoisotopic (exact) mass is 232 g/mol. The van der Waals surface area contributed by atoms with E-state index in [0.29, 0.717) is 6.54 Å². The third-order valence-electron chi connectivity index (χ3n) is 2.84. The van der Waals surface area contributed by atoms with Gasteiger partial charge in [-0.2, -0.15) is 0 Å². The minimum absolute atomic E-state index is 0.0715. The number of carbonyl (C=O) groups excluding carboxylic acids is 1. The highest BCUT2D eigenvalue weighted by atomic mass is 16.3. The number of amides is 2. The van der Waals surface area contributed by atoms with E-state index in [1.54, 1.807) is 25.3 Å². The second-order valence-electron chi connectivity index (χ2n) is 3.98. The minimum Gasteiger partial charge on any atom is -0.464 e. The summed E-state index contributed by atoms with van der Waals surface area (Å²) < 4.78 is 5.45. The van der Waals surface area contributed by atoms with Crippen LogP contribution in [-0.4, -0.2) is 31.6 Å². The topological polar surface area (TPSA) is 45.5 Å². The fourth-order valence-corrected chi connectivity index (χ4v) is 1.81. The molecular formula is C13H16N2O2. The van der Waals surface area contributed by atoms with Gasteiger partial charge in [0.05, 0.1) is 6.26 Å². The second-order valence-corrected chi connectivity index (χ2v) is 3.98. The highest BCUT2D eigenvalue weighted by Crippen LogP contribution is 2.20. The molecule has 0 aliphatic heterocycles. The smallest absolute Gasteiger partial charge is 0.316 e. The van der Waals surface area contributed by atoms with Gasteiger partial charge in [-0.3, -0.25) is 0 Å². The Hall–Kier alpha value is -1.97. The maximum absolute atomic E-state index is 11.3. The number of urea groups is 1. The summed E-state index contributed by atoms with van der Waals surface area (Å²) in [6.45, 7) is 0.670. The predicted octanol–water partition coefficient (Wildman–Crippen LogP) is 2.25. The molecule has 0 spiro atoms. The molecule has 1 heterocycles. The first kappa shape index (κ1) is 11.5. The molecule has 0 aliphatic rings. The van der Waals surface area contributed by atoms with Crippen LogP contribution in [0.15, 0.2) is 34.9 Å². The summed E-state index contributed by atoms with van der Waals surface area (Å²) >= 11 is 0. The second kappa shape index (κ2) is 4.91. The zero-order chi connectivity index (χ0) is 12.3. The lowest BCUT2D eigenvalue weighted by molar-refractivity contribution is 0.211. The Labute approximate surface area is 100 Å². The van der Waals surface area contributed by atoms with Crippen LogP contribution in [0.25, 0.3) is 11.0 Å². The number of nitrogens with zero attached hydrogens (tertiary/aromatic N) is 1. The Bertz CT molecular complexity index is 519. The number of carbonyl (C=O) groups is 1. The quantitative estimate of drug-likeness (QED) is 0.882. The van der Waals surface area contributed by atoms with Crippen molar-refractivity contribution in [2.24, 2.45) is 0 Å². The third-order valence-corrected chi connectivity index (χ3v) is 2.84. The molecule has 2 aromatic rings. The number of fused-ring (bicyclic) bond motifs is 1. The average molecular weight is 232 g/mol. The van der Waals surface area contributed by atoms with Crippen molar-refractivity contribution in [3.8, 4) is 0 Å². The van der Waals surface area contributed by atoms with Crippen molar-refractivity contribution in [1.29, 1.82) is 0 Å². The van der Waals surface area contributed by atoms with Crippen molar-refractivity contribution < 1.29 is 9.21 Å². The number of rotatable bonds is 3. The van der Waals surface area contributed by atoms with Crippen LogP contribution in [0.4, 0.5) is 4.79 Å². The Morgan fingerprint density at radius 3 is 2.94 bits per heavy atom. The van der Waals surface area contributed by atoms with Crippen LogP contribution in [0.2, 0.25) is 0 Å². The lowest BCUT2D eigenvalue weighted by Crippen LogP contribution is -2.36. The molecule has 4 heteroatoms. The van der Waals surface area contributed by atoms with E-state index >= 15 is 0 Å². The van der Waals surface area contributed by atoms with Gasteiger partial charge in [-0.25, -0.2) is 4.79 Å². The molecule has 0 unspecified atom stereocenters.